The summed E-state index contributed by atoms with van der Waals surface area (Å²) in [4.78, 5) is 19.6. The number of hydrogen-bond donors (Lipinski definition) is 2. The van der Waals surface area contributed by atoms with Gasteiger partial charge in [0.2, 0.25) is 0 Å². The van der Waals surface area contributed by atoms with Gasteiger partial charge in [-0.2, -0.15) is 13.2 Å². The molecule has 2 N–H and O–H groups in total. The summed E-state index contributed by atoms with van der Waals surface area (Å²) in [5.74, 6) is -2.85. The number of nitrogens with zero attached hydrogens (tertiary/aromatic N) is 3. The van der Waals surface area contributed by atoms with Crippen LogP contribution >= 0.6 is 0 Å². The number of nitrogens with one attached hydrogen (secondary N) is 1. The van der Waals surface area contributed by atoms with Crippen molar-refractivity contribution in [2.45, 2.75) is 83.7 Å². The van der Waals surface area contributed by atoms with Crippen LogP contribution in [0.5, 0.6) is 0 Å². The molecule has 2 aliphatic carbocycles. The first-order chi connectivity index (χ1) is 20.2. The van der Waals surface area contributed by atoms with Gasteiger partial charge in [-0.05, 0) is 95.7 Å². The Hall–Kier alpha value is -2.04. The van der Waals surface area contributed by atoms with Crippen molar-refractivity contribution in [1.82, 2.24) is 20.0 Å². The number of ether oxygens (including phenoxy) is 1. The number of halogens is 3. The Morgan fingerprint density at radius 2 is 1.90 bits per heavy atom. The molecule has 3 fully saturated rings. The standard InChI is InChI=1S/C32H47F3N4O3/c1-3-37-14-11-22(12-15-37)20-7-9-21(10-8-20)23-16-24-25(26(17-23)32(33,34)35)18-39(30(24)40)29(31(41)42-4-2)28-27-6-5-13-38(27)19-36-28/h7,16,21-22,24-26,29-30,36,40H,3-6,8-15,17-19H2,1-2H3. The van der Waals surface area contributed by atoms with Gasteiger partial charge in [-0.15, -0.1) is 0 Å². The van der Waals surface area contributed by atoms with Crippen LogP contribution in [0.4, 0.5) is 13.2 Å². The summed E-state index contributed by atoms with van der Waals surface area (Å²) in [6.07, 6.45) is 5.41. The lowest BCUT2D eigenvalue weighted by Crippen LogP contribution is -2.49. The largest absolute Gasteiger partial charge is 0.465 e. The maximum Gasteiger partial charge on any atom is 0.392 e. The molecule has 0 radical (unpaired) electrons. The number of fused-ring (bicyclic) bond motifs is 2. The molecule has 42 heavy (non-hydrogen) atoms. The van der Waals surface area contributed by atoms with Crippen LogP contribution in [-0.2, 0) is 9.53 Å². The van der Waals surface area contributed by atoms with E-state index in [2.05, 4.69) is 28.1 Å². The molecule has 0 saturated carbocycles. The zero-order chi connectivity index (χ0) is 29.6. The quantitative estimate of drug-likeness (QED) is 0.330. The fourth-order valence-corrected chi connectivity index (χ4v) is 8.73. The Labute approximate surface area is 247 Å². The number of esters is 1. The number of carbonyl (C=O) groups excluding carboxylic acids is 1. The molecule has 0 aromatic rings. The van der Waals surface area contributed by atoms with Crippen LogP contribution in [0.25, 0.3) is 0 Å². The van der Waals surface area contributed by atoms with E-state index >= 15 is 0 Å². The average molecular weight is 593 g/mol. The molecule has 0 amide bonds. The summed E-state index contributed by atoms with van der Waals surface area (Å²) < 4.78 is 49.3. The smallest absolute Gasteiger partial charge is 0.392 e. The molecule has 4 heterocycles. The van der Waals surface area contributed by atoms with Crippen LogP contribution in [0, 0.1) is 29.6 Å². The van der Waals surface area contributed by atoms with Crippen molar-refractivity contribution in [3.05, 3.63) is 34.7 Å². The first kappa shape index (κ1) is 30.0. The number of rotatable bonds is 7. The number of alkyl halides is 3. The van der Waals surface area contributed by atoms with E-state index < -0.39 is 42.2 Å². The maximum absolute atomic E-state index is 14.6. The molecule has 0 aromatic heterocycles. The number of aliphatic hydroxyl groups is 1. The number of likely N-dealkylation sites (tertiary alicyclic amines) is 2. The van der Waals surface area contributed by atoms with Gasteiger partial charge in [0, 0.05) is 24.7 Å². The van der Waals surface area contributed by atoms with E-state index in [0.717, 1.165) is 69.6 Å². The van der Waals surface area contributed by atoms with Crippen molar-refractivity contribution in [3.8, 4) is 0 Å². The molecule has 4 aliphatic heterocycles. The van der Waals surface area contributed by atoms with E-state index in [4.69, 9.17) is 4.74 Å². The molecule has 0 bridgehead atoms. The van der Waals surface area contributed by atoms with Crippen LogP contribution in [-0.4, -0.2) is 90.2 Å². The zero-order valence-electron chi connectivity index (χ0n) is 25.0. The van der Waals surface area contributed by atoms with Gasteiger partial charge in [0.15, 0.2) is 6.04 Å². The Morgan fingerprint density at radius 3 is 2.57 bits per heavy atom. The summed E-state index contributed by atoms with van der Waals surface area (Å²) in [6, 6.07) is -0.936. The number of piperidine rings is 1. The molecule has 6 aliphatic rings. The first-order valence-corrected chi connectivity index (χ1v) is 16.2. The number of carbonyl (C=O) groups is 1. The van der Waals surface area contributed by atoms with Crippen LogP contribution in [0.15, 0.2) is 34.7 Å². The van der Waals surface area contributed by atoms with Crippen LogP contribution in [0.1, 0.15) is 65.2 Å². The third-order valence-corrected chi connectivity index (χ3v) is 11.0. The van der Waals surface area contributed by atoms with Gasteiger partial charge in [-0.25, -0.2) is 4.79 Å². The molecular formula is C32H47F3N4O3. The van der Waals surface area contributed by atoms with Gasteiger partial charge in [0.05, 0.1) is 24.9 Å². The van der Waals surface area contributed by atoms with Gasteiger partial charge < -0.3 is 25.0 Å². The van der Waals surface area contributed by atoms with E-state index in [-0.39, 0.29) is 25.5 Å². The summed E-state index contributed by atoms with van der Waals surface area (Å²) >= 11 is 0. The second-order valence-electron chi connectivity index (χ2n) is 13.1. The lowest BCUT2D eigenvalue weighted by molar-refractivity contribution is -0.192. The molecular weight excluding hydrogens is 545 g/mol. The summed E-state index contributed by atoms with van der Waals surface area (Å²) in [5, 5.41) is 15.0. The van der Waals surface area contributed by atoms with Gasteiger partial charge in [-0.3, -0.25) is 4.90 Å². The number of hydrogen-bond acceptors (Lipinski definition) is 7. The van der Waals surface area contributed by atoms with Crippen molar-refractivity contribution >= 4 is 5.97 Å². The fraction of sp³-hybridized carbons (Fsp3) is 0.781. The molecule has 0 aromatic carbocycles. The maximum atomic E-state index is 14.6. The highest BCUT2D eigenvalue weighted by molar-refractivity contribution is 5.80. The van der Waals surface area contributed by atoms with E-state index in [1.165, 1.54) is 18.4 Å². The average Bonchev–Trinajstić information content (AvgIpc) is 3.69. The van der Waals surface area contributed by atoms with Crippen molar-refractivity contribution in [2.75, 3.05) is 46.0 Å². The fourth-order valence-electron chi connectivity index (χ4n) is 8.73. The highest BCUT2D eigenvalue weighted by atomic mass is 19.4. The second kappa shape index (κ2) is 12.2. The lowest BCUT2D eigenvalue weighted by atomic mass is 9.68. The molecule has 6 atom stereocenters. The van der Waals surface area contributed by atoms with Crippen molar-refractivity contribution < 1.29 is 27.8 Å². The molecule has 7 nitrogen and oxygen atoms in total. The summed E-state index contributed by atoms with van der Waals surface area (Å²) in [6.45, 7) is 8.88. The normalized spacial score (nSPS) is 33.7. The molecule has 6 unspecified atom stereocenters. The van der Waals surface area contributed by atoms with E-state index in [1.807, 2.05) is 6.08 Å². The zero-order valence-corrected chi connectivity index (χ0v) is 25.0. The van der Waals surface area contributed by atoms with E-state index in [1.54, 1.807) is 11.8 Å². The minimum atomic E-state index is -4.38. The first-order valence-electron chi connectivity index (χ1n) is 16.2. The Morgan fingerprint density at radius 1 is 1.12 bits per heavy atom. The third kappa shape index (κ3) is 5.63. The predicted octanol–water partition coefficient (Wildman–Crippen LogP) is 4.62. The minimum Gasteiger partial charge on any atom is -0.465 e. The van der Waals surface area contributed by atoms with Gasteiger partial charge in [0.1, 0.15) is 6.23 Å². The highest BCUT2D eigenvalue weighted by Crippen LogP contribution is 2.52. The van der Waals surface area contributed by atoms with Crippen molar-refractivity contribution in [3.63, 3.8) is 0 Å². The van der Waals surface area contributed by atoms with Crippen LogP contribution in [0.2, 0.25) is 0 Å². The monoisotopic (exact) mass is 592 g/mol. The topological polar surface area (TPSA) is 68.3 Å². The predicted molar refractivity (Wildman–Crippen MR) is 154 cm³/mol. The summed E-state index contributed by atoms with van der Waals surface area (Å²) in [7, 11) is 0. The Balaban J connectivity index is 1.24. The van der Waals surface area contributed by atoms with Crippen LogP contribution < -0.4 is 5.32 Å². The van der Waals surface area contributed by atoms with Crippen LogP contribution in [0.3, 0.4) is 0 Å². The number of aliphatic hydroxyl groups excluding tert-OH is 1. The van der Waals surface area contributed by atoms with Crippen molar-refractivity contribution in [1.29, 1.82) is 0 Å². The third-order valence-electron chi connectivity index (χ3n) is 11.0. The molecule has 234 valence electrons. The minimum absolute atomic E-state index is 0.00685. The number of allylic oxidation sites excluding steroid dienone is 4. The van der Waals surface area contributed by atoms with Gasteiger partial charge in [-0.1, -0.05) is 30.2 Å². The SMILES string of the molecule is CCOC(=O)C(C1=C2CCCN2CN1)N1CC2C(C=C(C3CC=C(C4CCN(CC)CC4)CC3)CC2C(F)(F)F)C1O. The molecule has 3 saturated heterocycles. The van der Waals surface area contributed by atoms with E-state index in [9.17, 15) is 23.1 Å². The van der Waals surface area contributed by atoms with Gasteiger partial charge >= 0.3 is 12.1 Å². The molecule has 10 heteroatoms. The molecule has 0 spiro atoms. The van der Waals surface area contributed by atoms with E-state index in [0.29, 0.717) is 18.3 Å². The second-order valence-corrected chi connectivity index (χ2v) is 13.1. The van der Waals surface area contributed by atoms with Gasteiger partial charge in [0.25, 0.3) is 0 Å². The Bertz CT molecular complexity index is 1110. The van der Waals surface area contributed by atoms with Crippen molar-refractivity contribution in [2.24, 2.45) is 29.6 Å². The highest BCUT2D eigenvalue weighted by Gasteiger charge is 2.57. The summed E-state index contributed by atoms with van der Waals surface area (Å²) in [5.41, 5.74) is 4.04. The molecule has 6 rings (SSSR count). The lowest BCUT2D eigenvalue weighted by Gasteiger charge is -2.38. The Kier molecular flexibility index (Phi) is 8.68.